The lowest BCUT2D eigenvalue weighted by Crippen LogP contribution is -2.42. The van der Waals surface area contributed by atoms with Crippen LogP contribution in [0.5, 0.6) is 0 Å². The van der Waals surface area contributed by atoms with Crippen molar-refractivity contribution < 1.29 is 9.90 Å². The summed E-state index contributed by atoms with van der Waals surface area (Å²) in [6.45, 7) is 2.09. The third kappa shape index (κ3) is 3.76. The van der Waals surface area contributed by atoms with Crippen molar-refractivity contribution in [1.82, 2.24) is 25.5 Å². The average molecular weight is 335 g/mol. The maximum atomic E-state index is 12.4. The number of aromatic nitrogens is 4. The summed E-state index contributed by atoms with van der Waals surface area (Å²) in [6.07, 6.45) is 7.25. The fourth-order valence-corrected chi connectivity index (χ4v) is 3.83. The second kappa shape index (κ2) is 6.76. The number of amides is 1. The molecule has 1 amide bonds. The molecule has 0 saturated heterocycles. The maximum Gasteiger partial charge on any atom is 0.263 e. The third-order valence-electron chi connectivity index (χ3n) is 4.23. The van der Waals surface area contributed by atoms with E-state index in [4.69, 9.17) is 0 Å². The molecule has 2 aromatic heterocycles. The van der Waals surface area contributed by atoms with Gasteiger partial charge in [0.2, 0.25) is 0 Å². The largest absolute Gasteiger partial charge is 0.388 e. The maximum absolute atomic E-state index is 12.4. The number of carbonyl (C=O) groups is 1. The van der Waals surface area contributed by atoms with Crippen LogP contribution >= 0.6 is 11.3 Å². The number of aromatic amines is 1. The molecule has 2 heterocycles. The molecule has 1 fully saturated rings. The Labute approximate surface area is 138 Å². The Bertz CT molecular complexity index is 659. The zero-order valence-corrected chi connectivity index (χ0v) is 13.9. The Morgan fingerprint density at radius 2 is 2.13 bits per heavy atom. The Balaban J connectivity index is 1.66. The molecular formula is C15H21N5O2S. The summed E-state index contributed by atoms with van der Waals surface area (Å²) in [7, 11) is 0. The van der Waals surface area contributed by atoms with E-state index < -0.39 is 5.60 Å². The minimum absolute atomic E-state index is 0.191. The van der Waals surface area contributed by atoms with Gasteiger partial charge in [0.1, 0.15) is 11.2 Å². The molecule has 1 saturated carbocycles. The fourth-order valence-electron chi connectivity index (χ4n) is 2.91. The number of hydrogen-bond acceptors (Lipinski definition) is 6. The first-order valence-corrected chi connectivity index (χ1v) is 8.73. The standard InChI is InChI=1S/C15H21N5O2S/c1-10-11(23-14(19-10)12-17-9-18-20-12)13(21)16-8-15(22)6-4-2-3-5-7-15/h9,22H,2-8H2,1H3,(H,16,21)(H,17,18,20). The van der Waals surface area contributed by atoms with Crippen molar-refractivity contribution in [2.75, 3.05) is 6.54 Å². The SMILES string of the molecule is Cc1nc(-c2ncn[nH]2)sc1C(=O)NCC1(O)CCCCCC1. The quantitative estimate of drug-likeness (QED) is 0.742. The summed E-state index contributed by atoms with van der Waals surface area (Å²) in [6, 6.07) is 0. The molecule has 7 nitrogen and oxygen atoms in total. The van der Waals surface area contributed by atoms with Crippen molar-refractivity contribution in [3.05, 3.63) is 16.9 Å². The van der Waals surface area contributed by atoms with Gasteiger partial charge >= 0.3 is 0 Å². The lowest BCUT2D eigenvalue weighted by Gasteiger charge is -2.26. The van der Waals surface area contributed by atoms with Gasteiger partial charge in [-0.2, -0.15) is 5.10 Å². The van der Waals surface area contributed by atoms with Crippen LogP contribution in [0.25, 0.3) is 10.8 Å². The molecule has 3 rings (SSSR count). The summed E-state index contributed by atoms with van der Waals surface area (Å²) in [5, 5.41) is 20.7. The number of nitrogens with zero attached hydrogens (tertiary/aromatic N) is 3. The number of thiazole rings is 1. The highest BCUT2D eigenvalue weighted by atomic mass is 32.1. The van der Waals surface area contributed by atoms with Gasteiger partial charge in [-0.05, 0) is 19.8 Å². The van der Waals surface area contributed by atoms with Crippen molar-refractivity contribution in [2.45, 2.75) is 51.0 Å². The second-order valence-corrected chi connectivity index (χ2v) is 7.09. The second-order valence-electron chi connectivity index (χ2n) is 6.09. The number of carbonyl (C=O) groups excluding carboxylic acids is 1. The Kier molecular flexibility index (Phi) is 4.72. The van der Waals surface area contributed by atoms with Crippen molar-refractivity contribution >= 4 is 17.2 Å². The number of aliphatic hydroxyl groups is 1. The third-order valence-corrected chi connectivity index (χ3v) is 5.40. The van der Waals surface area contributed by atoms with E-state index in [1.807, 2.05) is 0 Å². The van der Waals surface area contributed by atoms with E-state index in [0.717, 1.165) is 38.5 Å². The lowest BCUT2D eigenvalue weighted by molar-refractivity contribution is 0.0247. The van der Waals surface area contributed by atoms with Crippen molar-refractivity contribution in [2.24, 2.45) is 0 Å². The molecular weight excluding hydrogens is 314 g/mol. The Hall–Kier alpha value is -1.80. The van der Waals surface area contributed by atoms with Crippen LogP contribution in [0.3, 0.4) is 0 Å². The van der Waals surface area contributed by atoms with E-state index in [1.54, 1.807) is 6.92 Å². The summed E-state index contributed by atoms with van der Waals surface area (Å²) < 4.78 is 0. The molecule has 0 unspecified atom stereocenters. The molecule has 8 heteroatoms. The normalized spacial score (nSPS) is 17.7. The van der Waals surface area contributed by atoms with Gasteiger partial charge in [0.25, 0.3) is 5.91 Å². The molecule has 1 aliphatic rings. The number of H-pyrrole nitrogens is 1. The van der Waals surface area contributed by atoms with Crippen molar-refractivity contribution in [3.63, 3.8) is 0 Å². The molecule has 2 aromatic rings. The van der Waals surface area contributed by atoms with Gasteiger partial charge in [0.15, 0.2) is 10.8 Å². The number of nitrogens with one attached hydrogen (secondary N) is 2. The summed E-state index contributed by atoms with van der Waals surface area (Å²) >= 11 is 1.28. The van der Waals surface area contributed by atoms with Gasteiger partial charge in [-0.1, -0.05) is 25.7 Å². The number of hydrogen-bond donors (Lipinski definition) is 3. The highest BCUT2D eigenvalue weighted by Crippen LogP contribution is 2.27. The van der Waals surface area contributed by atoms with E-state index >= 15 is 0 Å². The molecule has 124 valence electrons. The van der Waals surface area contributed by atoms with Gasteiger partial charge in [-0.15, -0.1) is 11.3 Å². The zero-order chi connectivity index (χ0) is 16.3. The fraction of sp³-hybridized carbons (Fsp3) is 0.600. The van der Waals surface area contributed by atoms with Crippen molar-refractivity contribution in [3.8, 4) is 10.8 Å². The molecule has 0 aliphatic heterocycles. The zero-order valence-electron chi connectivity index (χ0n) is 13.1. The van der Waals surface area contributed by atoms with E-state index in [1.165, 1.54) is 17.7 Å². The smallest absolute Gasteiger partial charge is 0.263 e. The first kappa shape index (κ1) is 16.1. The van der Waals surface area contributed by atoms with Gasteiger partial charge < -0.3 is 10.4 Å². The first-order chi connectivity index (χ1) is 11.1. The van der Waals surface area contributed by atoms with Crippen LogP contribution in [0.1, 0.15) is 53.9 Å². The van der Waals surface area contributed by atoms with Gasteiger partial charge in [0, 0.05) is 6.54 Å². The van der Waals surface area contributed by atoms with Crippen LogP contribution in [0.4, 0.5) is 0 Å². The average Bonchev–Trinajstić information content (AvgIpc) is 3.13. The molecule has 1 aliphatic carbocycles. The van der Waals surface area contributed by atoms with E-state index in [0.29, 0.717) is 27.9 Å². The van der Waals surface area contributed by atoms with Crippen LogP contribution in [-0.2, 0) is 0 Å². The molecule has 0 atom stereocenters. The highest BCUT2D eigenvalue weighted by molar-refractivity contribution is 7.17. The van der Waals surface area contributed by atoms with E-state index in [9.17, 15) is 9.90 Å². The topological polar surface area (TPSA) is 104 Å². The Morgan fingerprint density at radius 1 is 1.39 bits per heavy atom. The molecule has 3 N–H and O–H groups in total. The number of aryl methyl sites for hydroxylation is 1. The van der Waals surface area contributed by atoms with Gasteiger partial charge in [0.05, 0.1) is 11.3 Å². The van der Waals surface area contributed by atoms with E-state index in [-0.39, 0.29) is 5.91 Å². The van der Waals surface area contributed by atoms with Crippen LogP contribution in [-0.4, -0.2) is 43.3 Å². The van der Waals surface area contributed by atoms with Crippen LogP contribution in [0.15, 0.2) is 6.33 Å². The summed E-state index contributed by atoms with van der Waals surface area (Å²) in [4.78, 5) is 21.4. The molecule has 23 heavy (non-hydrogen) atoms. The minimum atomic E-state index is -0.779. The minimum Gasteiger partial charge on any atom is -0.388 e. The molecule has 0 bridgehead atoms. The Morgan fingerprint density at radius 3 is 2.78 bits per heavy atom. The highest BCUT2D eigenvalue weighted by Gasteiger charge is 2.29. The monoisotopic (exact) mass is 335 g/mol. The number of rotatable bonds is 4. The van der Waals surface area contributed by atoms with Crippen LogP contribution in [0, 0.1) is 6.92 Å². The summed E-state index contributed by atoms with van der Waals surface area (Å²) in [5.74, 6) is 0.364. The summed E-state index contributed by atoms with van der Waals surface area (Å²) in [5.41, 5.74) is -0.120. The predicted molar refractivity (Wildman–Crippen MR) is 87.2 cm³/mol. The lowest BCUT2D eigenvalue weighted by atomic mass is 9.94. The van der Waals surface area contributed by atoms with Gasteiger partial charge in [-0.25, -0.2) is 9.97 Å². The van der Waals surface area contributed by atoms with Gasteiger partial charge in [-0.3, -0.25) is 9.89 Å². The molecule has 0 radical (unpaired) electrons. The molecule has 0 spiro atoms. The predicted octanol–water partition coefficient (Wildman–Crippen LogP) is 2.05. The van der Waals surface area contributed by atoms with Crippen LogP contribution < -0.4 is 5.32 Å². The van der Waals surface area contributed by atoms with E-state index in [2.05, 4.69) is 25.5 Å². The van der Waals surface area contributed by atoms with Crippen LogP contribution in [0.2, 0.25) is 0 Å². The first-order valence-electron chi connectivity index (χ1n) is 7.91. The molecule has 0 aromatic carbocycles. The van der Waals surface area contributed by atoms with Crippen molar-refractivity contribution in [1.29, 1.82) is 0 Å².